The molecule has 5 heteroatoms. The Kier molecular flexibility index (Phi) is 1.17. The summed E-state index contributed by atoms with van der Waals surface area (Å²) in [6.07, 6.45) is -1.25. The fraction of sp³-hybridized carbons (Fsp3) is 0.800. The smallest absolute Gasteiger partial charge is 0.247 e. The highest BCUT2D eigenvalue weighted by Crippen LogP contribution is 2.14. The number of ether oxygens (including phenoxy) is 1. The molecule has 0 aromatic carbocycles. The molecule has 3 atom stereocenters. The molecule has 2 unspecified atom stereocenters. The molecule has 0 radical (unpaired) electrons. The molecule has 3 aliphatic rings. The fourth-order valence-electron chi connectivity index (χ4n) is 1.08. The van der Waals surface area contributed by atoms with Gasteiger partial charge in [-0.3, -0.25) is 10.1 Å². The highest BCUT2D eigenvalue weighted by molar-refractivity contribution is 5.78. The summed E-state index contributed by atoms with van der Waals surface area (Å²) in [4.78, 5) is 10.7. The average Bonchev–Trinajstić information content (AvgIpc) is 2.17. The lowest BCUT2D eigenvalue weighted by Crippen LogP contribution is -2.70. The predicted molar refractivity (Wildman–Crippen MR) is 30.8 cm³/mol. The first-order valence-electron chi connectivity index (χ1n) is 3.12. The standard InChI is InChI=1S/C5H8N2O3/c8-2-1-10-5-3(9)4(6-2)7-5/h3-5,7,9H,1H2,(H,6,8)/t3?,4-,5?/m1/s1. The number of carbonyl (C=O) groups is 1. The Bertz CT molecular complexity index is 172. The summed E-state index contributed by atoms with van der Waals surface area (Å²) in [5, 5.41) is 14.5. The van der Waals surface area contributed by atoms with Crippen molar-refractivity contribution in [3.63, 3.8) is 0 Å². The van der Waals surface area contributed by atoms with E-state index in [-0.39, 0.29) is 24.9 Å². The van der Waals surface area contributed by atoms with Crippen LogP contribution < -0.4 is 10.6 Å². The van der Waals surface area contributed by atoms with Gasteiger partial charge in [-0.15, -0.1) is 0 Å². The van der Waals surface area contributed by atoms with Crippen molar-refractivity contribution in [2.75, 3.05) is 6.61 Å². The van der Waals surface area contributed by atoms with Gasteiger partial charge in [0, 0.05) is 0 Å². The summed E-state index contributed by atoms with van der Waals surface area (Å²) < 4.78 is 4.92. The number of carbonyl (C=O) groups excluding carboxylic acids is 1. The zero-order chi connectivity index (χ0) is 7.14. The lowest BCUT2D eigenvalue weighted by atomic mass is 10.1. The van der Waals surface area contributed by atoms with Crippen molar-refractivity contribution >= 4 is 5.91 Å². The highest BCUT2D eigenvalue weighted by atomic mass is 16.5. The van der Waals surface area contributed by atoms with Crippen LogP contribution in [-0.2, 0) is 9.53 Å². The number of hydrogen-bond acceptors (Lipinski definition) is 4. The van der Waals surface area contributed by atoms with Crippen LogP contribution >= 0.6 is 0 Å². The van der Waals surface area contributed by atoms with Crippen LogP contribution in [0, 0.1) is 0 Å². The Labute approximate surface area is 57.4 Å². The minimum Gasteiger partial charge on any atom is -0.385 e. The number of hydrogen-bond donors (Lipinski definition) is 3. The Morgan fingerprint density at radius 2 is 2.50 bits per heavy atom. The van der Waals surface area contributed by atoms with Crippen molar-refractivity contribution in [1.29, 1.82) is 0 Å². The average molecular weight is 144 g/mol. The molecule has 3 rings (SSSR count). The molecule has 5 nitrogen and oxygen atoms in total. The van der Waals surface area contributed by atoms with Gasteiger partial charge in [-0.25, -0.2) is 0 Å². The summed E-state index contributed by atoms with van der Waals surface area (Å²) in [6.45, 7) is 0.0330. The predicted octanol–water partition coefficient (Wildman–Crippen LogP) is -2.25. The highest BCUT2D eigenvalue weighted by Gasteiger charge is 2.43. The zero-order valence-corrected chi connectivity index (χ0v) is 5.20. The summed E-state index contributed by atoms with van der Waals surface area (Å²) in [5.74, 6) is -0.184. The molecule has 3 saturated heterocycles. The molecule has 0 spiro atoms. The van der Waals surface area contributed by atoms with Gasteiger partial charge in [0.1, 0.15) is 25.1 Å². The van der Waals surface area contributed by atoms with Crippen molar-refractivity contribution < 1.29 is 14.6 Å². The molecule has 0 aromatic heterocycles. The van der Waals surface area contributed by atoms with Crippen LogP contribution in [0.4, 0.5) is 0 Å². The largest absolute Gasteiger partial charge is 0.385 e. The van der Waals surface area contributed by atoms with Gasteiger partial charge in [0.25, 0.3) is 0 Å². The molecule has 56 valence electrons. The van der Waals surface area contributed by atoms with Gasteiger partial charge < -0.3 is 15.2 Å². The van der Waals surface area contributed by atoms with Gasteiger partial charge >= 0.3 is 0 Å². The number of rotatable bonds is 0. The lowest BCUT2D eigenvalue weighted by molar-refractivity contribution is -0.129. The first-order chi connectivity index (χ1) is 4.77. The van der Waals surface area contributed by atoms with Crippen molar-refractivity contribution in [3.05, 3.63) is 0 Å². The molecule has 1 amide bonds. The van der Waals surface area contributed by atoms with E-state index in [4.69, 9.17) is 9.84 Å². The van der Waals surface area contributed by atoms with E-state index in [0.29, 0.717) is 0 Å². The van der Waals surface area contributed by atoms with Crippen LogP contribution in [0.1, 0.15) is 0 Å². The number of nitrogens with one attached hydrogen (secondary N) is 2. The van der Waals surface area contributed by atoms with Gasteiger partial charge in [0.05, 0.1) is 0 Å². The molecule has 3 N–H and O–H groups in total. The van der Waals surface area contributed by atoms with Crippen molar-refractivity contribution in [2.24, 2.45) is 0 Å². The molecule has 3 aliphatic heterocycles. The van der Waals surface area contributed by atoms with E-state index in [2.05, 4.69) is 10.6 Å². The van der Waals surface area contributed by atoms with Crippen LogP contribution in [0.25, 0.3) is 0 Å². The fourth-order valence-corrected chi connectivity index (χ4v) is 1.08. The van der Waals surface area contributed by atoms with Crippen molar-refractivity contribution in [1.82, 2.24) is 10.6 Å². The Morgan fingerprint density at radius 3 is 3.20 bits per heavy atom. The van der Waals surface area contributed by atoms with Gasteiger partial charge in [-0.2, -0.15) is 0 Å². The van der Waals surface area contributed by atoms with Crippen molar-refractivity contribution in [3.8, 4) is 0 Å². The maximum atomic E-state index is 10.7. The molecule has 2 bridgehead atoms. The minimum atomic E-state index is -0.591. The normalized spacial score (nSPS) is 45.3. The molecular weight excluding hydrogens is 136 g/mol. The second-order valence-electron chi connectivity index (χ2n) is 2.43. The molecule has 0 aliphatic carbocycles. The van der Waals surface area contributed by atoms with Crippen LogP contribution in [0.2, 0.25) is 0 Å². The molecule has 3 fully saturated rings. The van der Waals surface area contributed by atoms with E-state index < -0.39 is 6.10 Å². The van der Waals surface area contributed by atoms with E-state index in [0.717, 1.165) is 0 Å². The molecule has 0 aromatic rings. The second-order valence-corrected chi connectivity index (χ2v) is 2.43. The minimum absolute atomic E-state index is 0.0330. The topological polar surface area (TPSA) is 70.6 Å². The third kappa shape index (κ3) is 0.716. The van der Waals surface area contributed by atoms with Crippen LogP contribution in [-0.4, -0.2) is 36.1 Å². The number of aliphatic hydroxyl groups excluding tert-OH is 1. The number of fused-ring (bicyclic) bond motifs is 3. The van der Waals surface area contributed by atoms with Crippen molar-refractivity contribution in [2.45, 2.75) is 18.5 Å². The third-order valence-electron chi connectivity index (χ3n) is 1.71. The van der Waals surface area contributed by atoms with E-state index in [1.807, 2.05) is 0 Å². The third-order valence-corrected chi connectivity index (χ3v) is 1.71. The maximum absolute atomic E-state index is 10.7. The summed E-state index contributed by atoms with van der Waals surface area (Å²) in [6, 6.07) is 0. The van der Waals surface area contributed by atoms with Gasteiger partial charge in [0.2, 0.25) is 5.91 Å². The van der Waals surface area contributed by atoms with Gasteiger partial charge in [-0.1, -0.05) is 0 Å². The first kappa shape index (κ1) is 6.09. The van der Waals surface area contributed by atoms with E-state index >= 15 is 0 Å². The van der Waals surface area contributed by atoms with E-state index in [9.17, 15) is 4.79 Å². The summed E-state index contributed by atoms with van der Waals surface area (Å²) >= 11 is 0. The quantitative estimate of drug-likeness (QED) is 0.359. The van der Waals surface area contributed by atoms with E-state index in [1.165, 1.54) is 0 Å². The monoisotopic (exact) mass is 144 g/mol. The molecule has 0 saturated carbocycles. The van der Waals surface area contributed by atoms with Gasteiger partial charge in [0.15, 0.2) is 0 Å². The summed E-state index contributed by atoms with van der Waals surface area (Å²) in [5.41, 5.74) is 0. The zero-order valence-electron chi connectivity index (χ0n) is 5.20. The lowest BCUT2D eigenvalue weighted by Gasteiger charge is -2.38. The van der Waals surface area contributed by atoms with E-state index in [1.54, 1.807) is 0 Å². The first-order valence-corrected chi connectivity index (χ1v) is 3.12. The number of amides is 1. The Morgan fingerprint density at radius 1 is 1.70 bits per heavy atom. The maximum Gasteiger partial charge on any atom is 0.247 e. The van der Waals surface area contributed by atoms with Crippen LogP contribution in [0.3, 0.4) is 0 Å². The molecule has 3 heterocycles. The number of aliphatic hydroxyl groups is 1. The molecule has 10 heavy (non-hydrogen) atoms. The molecular formula is C5H8N2O3. The van der Waals surface area contributed by atoms with Gasteiger partial charge in [-0.05, 0) is 0 Å². The summed E-state index contributed by atoms with van der Waals surface area (Å²) in [7, 11) is 0. The SMILES string of the molecule is O=C1COC2N[C@@H](N1)C2O. The Balaban J connectivity index is 2.08. The van der Waals surface area contributed by atoms with Crippen LogP contribution in [0.15, 0.2) is 0 Å². The second kappa shape index (κ2) is 1.91. The Hall–Kier alpha value is -0.650. The van der Waals surface area contributed by atoms with Crippen LogP contribution in [0.5, 0.6) is 0 Å².